The number of ether oxygens (including phenoxy) is 1. The van der Waals surface area contributed by atoms with Crippen molar-refractivity contribution in [2.45, 2.75) is 33.6 Å². The van der Waals surface area contributed by atoms with Crippen LogP contribution in [0, 0.1) is 19.8 Å². The second kappa shape index (κ2) is 8.26. The van der Waals surface area contributed by atoms with Crippen molar-refractivity contribution in [1.82, 2.24) is 19.5 Å². The number of carbonyl (C=O) groups is 2. The van der Waals surface area contributed by atoms with E-state index in [0.717, 1.165) is 24.1 Å². The summed E-state index contributed by atoms with van der Waals surface area (Å²) in [5, 5.41) is 4.46. The van der Waals surface area contributed by atoms with Gasteiger partial charge in [-0.1, -0.05) is 12.1 Å². The molecule has 1 aromatic carbocycles. The molecule has 0 spiro atoms. The number of benzene rings is 1. The van der Waals surface area contributed by atoms with Crippen LogP contribution in [0.5, 0.6) is 0 Å². The van der Waals surface area contributed by atoms with Crippen molar-refractivity contribution in [2.75, 3.05) is 19.7 Å². The number of carbonyl (C=O) groups excluding carboxylic acids is 2. The highest BCUT2D eigenvalue weighted by atomic mass is 16.5. The van der Waals surface area contributed by atoms with Gasteiger partial charge in [0.2, 0.25) is 0 Å². The maximum absolute atomic E-state index is 13.2. The minimum Gasteiger partial charge on any atom is -0.466 e. The van der Waals surface area contributed by atoms with Crippen molar-refractivity contribution < 1.29 is 14.3 Å². The minimum atomic E-state index is -0.274. The SMILES string of the molecule is CCOC(=O)[C@@H]1CCCN(C(=O)c2cnn3c(-c4ccc(C)c(C)c4)ccnc23)C1. The number of rotatable bonds is 4. The fourth-order valence-corrected chi connectivity index (χ4v) is 3.95. The number of aryl methyl sites for hydroxylation is 2. The Morgan fingerprint density at radius 2 is 2.03 bits per heavy atom. The number of piperidine rings is 1. The lowest BCUT2D eigenvalue weighted by Gasteiger charge is -2.31. The summed E-state index contributed by atoms with van der Waals surface area (Å²) in [7, 11) is 0. The number of hydrogen-bond donors (Lipinski definition) is 0. The first-order valence-corrected chi connectivity index (χ1v) is 10.4. The summed E-state index contributed by atoms with van der Waals surface area (Å²) in [6.45, 7) is 7.28. The fourth-order valence-electron chi connectivity index (χ4n) is 3.95. The van der Waals surface area contributed by atoms with Crippen LogP contribution in [0.4, 0.5) is 0 Å². The van der Waals surface area contributed by atoms with Crippen LogP contribution in [-0.4, -0.2) is 51.1 Å². The topological polar surface area (TPSA) is 76.8 Å². The third-order valence-electron chi connectivity index (χ3n) is 5.76. The van der Waals surface area contributed by atoms with Crippen LogP contribution in [0.25, 0.3) is 16.9 Å². The molecule has 0 unspecified atom stereocenters. The molecule has 0 radical (unpaired) electrons. The van der Waals surface area contributed by atoms with Gasteiger partial charge < -0.3 is 9.64 Å². The van der Waals surface area contributed by atoms with Crippen LogP contribution in [0.3, 0.4) is 0 Å². The quantitative estimate of drug-likeness (QED) is 0.621. The molecule has 1 saturated heterocycles. The molecule has 3 aromatic rings. The molecule has 0 N–H and O–H groups in total. The van der Waals surface area contributed by atoms with Crippen molar-refractivity contribution in [2.24, 2.45) is 5.92 Å². The molecule has 2 aromatic heterocycles. The van der Waals surface area contributed by atoms with Gasteiger partial charge in [-0.3, -0.25) is 9.59 Å². The monoisotopic (exact) mass is 406 g/mol. The summed E-state index contributed by atoms with van der Waals surface area (Å²) >= 11 is 0. The molecule has 3 heterocycles. The van der Waals surface area contributed by atoms with Gasteiger partial charge in [-0.25, -0.2) is 9.50 Å². The number of hydrogen-bond acceptors (Lipinski definition) is 5. The third kappa shape index (κ3) is 3.67. The standard InChI is InChI=1S/C23H26N4O3/c1-4-30-23(29)18-6-5-11-26(14-18)22(28)19-13-25-27-20(9-10-24-21(19)27)17-8-7-15(2)16(3)12-17/h7-10,12-13,18H,4-6,11,14H2,1-3H3/t18-/m1/s1. The Hall–Kier alpha value is -3.22. The molecule has 7 heteroatoms. The summed E-state index contributed by atoms with van der Waals surface area (Å²) in [5.41, 5.74) is 5.29. The minimum absolute atomic E-state index is 0.149. The van der Waals surface area contributed by atoms with E-state index < -0.39 is 0 Å². The van der Waals surface area contributed by atoms with Gasteiger partial charge >= 0.3 is 5.97 Å². The molecule has 1 aliphatic heterocycles. The summed E-state index contributed by atoms with van der Waals surface area (Å²) < 4.78 is 6.86. The number of nitrogens with zero attached hydrogens (tertiary/aromatic N) is 4. The molecule has 1 aliphatic rings. The molecule has 0 aliphatic carbocycles. The van der Waals surface area contributed by atoms with E-state index in [2.05, 4.69) is 42.1 Å². The smallest absolute Gasteiger partial charge is 0.310 e. The summed E-state index contributed by atoms with van der Waals surface area (Å²) in [6, 6.07) is 8.14. The Kier molecular flexibility index (Phi) is 5.53. The predicted molar refractivity (Wildman–Crippen MR) is 113 cm³/mol. The first-order chi connectivity index (χ1) is 14.5. The maximum Gasteiger partial charge on any atom is 0.310 e. The van der Waals surface area contributed by atoms with Gasteiger partial charge in [0.15, 0.2) is 5.65 Å². The van der Waals surface area contributed by atoms with E-state index in [1.165, 1.54) is 11.1 Å². The molecule has 4 rings (SSSR count). The number of esters is 1. The Morgan fingerprint density at radius 1 is 1.20 bits per heavy atom. The number of likely N-dealkylation sites (tertiary alicyclic amines) is 1. The Morgan fingerprint density at radius 3 is 2.80 bits per heavy atom. The van der Waals surface area contributed by atoms with Crippen LogP contribution in [0.1, 0.15) is 41.3 Å². The van der Waals surface area contributed by atoms with Gasteiger partial charge in [0, 0.05) is 24.8 Å². The highest BCUT2D eigenvalue weighted by molar-refractivity contribution is 6.00. The predicted octanol–water partition coefficient (Wildman–Crippen LogP) is 3.43. The lowest BCUT2D eigenvalue weighted by Crippen LogP contribution is -2.42. The highest BCUT2D eigenvalue weighted by Gasteiger charge is 2.31. The largest absolute Gasteiger partial charge is 0.466 e. The van der Waals surface area contributed by atoms with Gasteiger partial charge in [-0.15, -0.1) is 0 Å². The molecule has 0 bridgehead atoms. The van der Waals surface area contributed by atoms with E-state index in [9.17, 15) is 9.59 Å². The van der Waals surface area contributed by atoms with Crippen molar-refractivity contribution in [1.29, 1.82) is 0 Å². The van der Waals surface area contributed by atoms with E-state index in [4.69, 9.17) is 4.74 Å². The van der Waals surface area contributed by atoms with Gasteiger partial charge in [0.25, 0.3) is 5.91 Å². The van der Waals surface area contributed by atoms with Crippen LogP contribution in [0.15, 0.2) is 36.7 Å². The van der Waals surface area contributed by atoms with Crippen LogP contribution in [-0.2, 0) is 9.53 Å². The van der Waals surface area contributed by atoms with E-state index in [1.54, 1.807) is 28.7 Å². The molecule has 1 atom stereocenters. The second-order valence-electron chi connectivity index (χ2n) is 7.77. The van der Waals surface area contributed by atoms with E-state index in [1.807, 2.05) is 6.07 Å². The second-order valence-corrected chi connectivity index (χ2v) is 7.77. The third-order valence-corrected chi connectivity index (χ3v) is 5.76. The Labute approximate surface area is 175 Å². The molecule has 156 valence electrons. The first-order valence-electron chi connectivity index (χ1n) is 10.4. The zero-order chi connectivity index (χ0) is 21.3. The van der Waals surface area contributed by atoms with Gasteiger partial charge in [0.05, 0.1) is 24.4 Å². The maximum atomic E-state index is 13.2. The average molecular weight is 406 g/mol. The van der Waals surface area contributed by atoms with Crippen molar-refractivity contribution in [3.05, 3.63) is 53.3 Å². The van der Waals surface area contributed by atoms with Gasteiger partial charge in [-0.05, 0) is 56.9 Å². The van der Waals surface area contributed by atoms with E-state index in [-0.39, 0.29) is 17.8 Å². The van der Waals surface area contributed by atoms with Crippen molar-refractivity contribution in [3.8, 4) is 11.3 Å². The van der Waals surface area contributed by atoms with Crippen molar-refractivity contribution >= 4 is 17.5 Å². The van der Waals surface area contributed by atoms with E-state index >= 15 is 0 Å². The molecule has 30 heavy (non-hydrogen) atoms. The fraction of sp³-hybridized carbons (Fsp3) is 0.391. The summed E-state index contributed by atoms with van der Waals surface area (Å²) in [6.07, 6.45) is 4.79. The van der Waals surface area contributed by atoms with Crippen LogP contribution in [0.2, 0.25) is 0 Å². The molecule has 1 fully saturated rings. The Bertz CT molecular complexity index is 1110. The van der Waals surface area contributed by atoms with Crippen LogP contribution >= 0.6 is 0 Å². The zero-order valence-corrected chi connectivity index (χ0v) is 17.6. The molecular weight excluding hydrogens is 380 g/mol. The lowest BCUT2D eigenvalue weighted by atomic mass is 9.97. The number of fused-ring (bicyclic) bond motifs is 1. The van der Waals surface area contributed by atoms with Crippen LogP contribution < -0.4 is 0 Å². The summed E-state index contributed by atoms with van der Waals surface area (Å²) in [5.74, 6) is -0.655. The van der Waals surface area contributed by atoms with Crippen molar-refractivity contribution in [3.63, 3.8) is 0 Å². The molecule has 7 nitrogen and oxygen atoms in total. The number of aromatic nitrogens is 3. The Balaban J connectivity index is 1.64. The lowest BCUT2D eigenvalue weighted by molar-refractivity contribution is -0.149. The molecule has 1 amide bonds. The molecular formula is C23H26N4O3. The van der Waals surface area contributed by atoms with Gasteiger partial charge in [-0.2, -0.15) is 5.10 Å². The number of amides is 1. The molecule has 0 saturated carbocycles. The normalized spacial score (nSPS) is 16.6. The zero-order valence-electron chi connectivity index (χ0n) is 17.6. The van der Waals surface area contributed by atoms with E-state index in [0.29, 0.717) is 30.9 Å². The summed E-state index contributed by atoms with van der Waals surface area (Å²) in [4.78, 5) is 31.5. The first kappa shape index (κ1) is 20.1. The highest BCUT2D eigenvalue weighted by Crippen LogP contribution is 2.25. The van der Waals surface area contributed by atoms with Gasteiger partial charge in [0.1, 0.15) is 5.56 Å². The average Bonchev–Trinajstić information content (AvgIpc) is 3.19.